The summed E-state index contributed by atoms with van der Waals surface area (Å²) in [5.74, 6) is 1.31. The number of pyridine rings is 1. The number of nitrogen functional groups attached to an aromatic ring is 1. The van der Waals surface area contributed by atoms with Crippen molar-refractivity contribution in [3.8, 4) is 11.5 Å². The van der Waals surface area contributed by atoms with Crippen molar-refractivity contribution in [3.63, 3.8) is 0 Å². The summed E-state index contributed by atoms with van der Waals surface area (Å²) in [6.45, 7) is 6.71. The van der Waals surface area contributed by atoms with E-state index in [9.17, 15) is 4.79 Å². The molecule has 0 aliphatic rings. The van der Waals surface area contributed by atoms with Crippen molar-refractivity contribution >= 4 is 23.6 Å². The van der Waals surface area contributed by atoms with Gasteiger partial charge in [0.2, 0.25) is 0 Å². The highest BCUT2D eigenvalue weighted by atomic mass is 35.5. The second-order valence-corrected chi connectivity index (χ2v) is 5.87. The van der Waals surface area contributed by atoms with E-state index >= 15 is 0 Å². The van der Waals surface area contributed by atoms with Crippen LogP contribution in [0.5, 0.6) is 11.5 Å². The summed E-state index contributed by atoms with van der Waals surface area (Å²) in [5, 5.41) is 4.57. The number of anilines is 1. The van der Waals surface area contributed by atoms with Gasteiger partial charge in [0.1, 0.15) is 5.82 Å². The Labute approximate surface area is 151 Å². The second kappa shape index (κ2) is 8.58. The van der Waals surface area contributed by atoms with Gasteiger partial charge in [0.05, 0.1) is 24.5 Å². The van der Waals surface area contributed by atoms with Crippen LogP contribution in [0.15, 0.2) is 34.2 Å². The maximum atomic E-state index is 12.0. The van der Waals surface area contributed by atoms with Gasteiger partial charge in [-0.1, -0.05) is 18.5 Å². The largest absolute Gasteiger partial charge is 0.490 e. The highest BCUT2D eigenvalue weighted by molar-refractivity contribution is 6.32. The predicted molar refractivity (Wildman–Crippen MR) is 101 cm³/mol. The minimum absolute atomic E-state index is 0.264. The van der Waals surface area contributed by atoms with Gasteiger partial charge in [-0.25, -0.2) is 0 Å². The number of rotatable bonds is 7. The summed E-state index contributed by atoms with van der Waals surface area (Å²) in [6, 6.07) is 6.61. The third kappa shape index (κ3) is 4.76. The number of benzene rings is 1. The number of hydrogen-bond acceptors (Lipinski definition) is 5. The molecule has 0 fully saturated rings. The number of halogens is 1. The Morgan fingerprint density at radius 1 is 1.24 bits per heavy atom. The molecule has 0 amide bonds. The molecule has 0 unspecified atom stereocenters. The summed E-state index contributed by atoms with van der Waals surface area (Å²) in [6.07, 6.45) is 2.37. The maximum absolute atomic E-state index is 12.0. The van der Waals surface area contributed by atoms with E-state index in [1.165, 1.54) is 12.3 Å². The van der Waals surface area contributed by atoms with E-state index in [0.717, 1.165) is 16.7 Å². The molecule has 0 bridgehead atoms. The van der Waals surface area contributed by atoms with Crippen LogP contribution in [0.2, 0.25) is 5.02 Å². The van der Waals surface area contributed by atoms with Gasteiger partial charge in [-0.15, -0.1) is 0 Å². The normalized spacial score (nSPS) is 11.0. The molecule has 0 atom stereocenters. The van der Waals surface area contributed by atoms with E-state index in [4.69, 9.17) is 26.8 Å². The summed E-state index contributed by atoms with van der Waals surface area (Å²) in [7, 11) is 0. The van der Waals surface area contributed by atoms with Crippen LogP contribution < -0.4 is 20.8 Å². The topological polar surface area (TPSA) is 78.8 Å². The van der Waals surface area contributed by atoms with Crippen molar-refractivity contribution < 1.29 is 9.47 Å². The Kier molecular flexibility index (Phi) is 6.47. The van der Waals surface area contributed by atoms with Crippen molar-refractivity contribution in [2.75, 3.05) is 18.9 Å². The number of nitrogens with zero attached hydrogens (tertiary/aromatic N) is 2. The van der Waals surface area contributed by atoms with Crippen molar-refractivity contribution in [3.05, 3.63) is 50.8 Å². The molecule has 0 saturated heterocycles. The van der Waals surface area contributed by atoms with E-state index in [1.54, 1.807) is 25.1 Å². The van der Waals surface area contributed by atoms with Gasteiger partial charge in [0.15, 0.2) is 11.5 Å². The zero-order valence-corrected chi connectivity index (χ0v) is 15.3. The van der Waals surface area contributed by atoms with E-state index < -0.39 is 0 Å². The monoisotopic (exact) mass is 363 g/mol. The molecule has 134 valence electrons. The van der Waals surface area contributed by atoms with Crippen LogP contribution in [0, 0.1) is 6.92 Å². The number of aryl methyl sites for hydroxylation is 1. The Bertz CT molecular complexity index is 831. The quantitative estimate of drug-likeness (QED) is 0.764. The van der Waals surface area contributed by atoms with Crippen LogP contribution in [0.25, 0.3) is 0 Å². The Morgan fingerprint density at radius 2 is 2.00 bits per heavy atom. The minimum Gasteiger partial charge on any atom is -0.490 e. The molecular formula is C18H22ClN3O3. The molecule has 6 nitrogen and oxygen atoms in total. The molecule has 2 rings (SSSR count). The first kappa shape index (κ1) is 18.9. The lowest BCUT2D eigenvalue weighted by Crippen LogP contribution is -2.19. The highest BCUT2D eigenvalue weighted by Gasteiger charge is 2.12. The molecule has 25 heavy (non-hydrogen) atoms. The van der Waals surface area contributed by atoms with Crippen molar-refractivity contribution in [1.29, 1.82) is 0 Å². The van der Waals surface area contributed by atoms with Gasteiger partial charge >= 0.3 is 0 Å². The first-order valence-corrected chi connectivity index (χ1v) is 8.46. The molecule has 1 aromatic carbocycles. The number of nitrogens with two attached hydrogens (primary N) is 1. The first-order valence-electron chi connectivity index (χ1n) is 8.09. The van der Waals surface area contributed by atoms with Crippen LogP contribution in [0.3, 0.4) is 0 Å². The first-order chi connectivity index (χ1) is 12.0. The van der Waals surface area contributed by atoms with Crippen molar-refractivity contribution in [1.82, 2.24) is 4.68 Å². The number of aromatic nitrogens is 1. The van der Waals surface area contributed by atoms with Crippen LogP contribution >= 0.6 is 11.6 Å². The predicted octanol–water partition coefficient (Wildman–Crippen LogP) is 3.46. The molecule has 0 saturated carbocycles. The summed E-state index contributed by atoms with van der Waals surface area (Å²) in [5.41, 5.74) is 7.01. The molecule has 2 aromatic rings. The molecule has 0 aliphatic heterocycles. The van der Waals surface area contributed by atoms with Gasteiger partial charge in [-0.05, 0) is 49.6 Å². The average Bonchev–Trinajstić information content (AvgIpc) is 2.53. The molecule has 2 N–H and O–H groups in total. The highest BCUT2D eigenvalue weighted by Crippen LogP contribution is 2.36. The zero-order chi connectivity index (χ0) is 18.4. The molecule has 0 spiro atoms. The fourth-order valence-corrected chi connectivity index (χ4v) is 2.51. The third-order valence-corrected chi connectivity index (χ3v) is 3.57. The van der Waals surface area contributed by atoms with Gasteiger partial charge in [0.25, 0.3) is 5.56 Å². The summed E-state index contributed by atoms with van der Waals surface area (Å²) in [4.78, 5) is 12.0. The van der Waals surface area contributed by atoms with Gasteiger partial charge < -0.3 is 15.2 Å². The van der Waals surface area contributed by atoms with E-state index in [2.05, 4.69) is 5.10 Å². The lowest BCUT2D eigenvalue weighted by molar-refractivity contribution is 0.277. The van der Waals surface area contributed by atoms with Crippen LogP contribution in [0.4, 0.5) is 5.82 Å². The number of hydrogen-bond donors (Lipinski definition) is 1. The molecule has 7 heteroatoms. The maximum Gasteiger partial charge on any atom is 0.273 e. The van der Waals surface area contributed by atoms with Gasteiger partial charge in [-0.3, -0.25) is 4.79 Å². The van der Waals surface area contributed by atoms with E-state index in [1.807, 2.05) is 13.8 Å². The van der Waals surface area contributed by atoms with Gasteiger partial charge in [-0.2, -0.15) is 9.78 Å². The van der Waals surface area contributed by atoms with E-state index in [0.29, 0.717) is 35.3 Å². The minimum atomic E-state index is -0.298. The standard InChI is InChI=1S/C18H22ClN3O3/c1-4-6-25-18-14(19)9-13(10-15(18)24-5-2)11-21-22-16(20)7-12(3)8-17(22)23/h7-11H,4-6,20H2,1-3H3/b21-11-. The van der Waals surface area contributed by atoms with E-state index in [-0.39, 0.29) is 11.4 Å². The SMILES string of the molecule is CCCOc1c(Cl)cc(/C=N\n2c(N)cc(C)cc2=O)cc1OCC. The van der Waals surface area contributed by atoms with Crippen molar-refractivity contribution in [2.24, 2.45) is 5.10 Å². The molecule has 1 aromatic heterocycles. The van der Waals surface area contributed by atoms with Crippen LogP contribution in [-0.2, 0) is 0 Å². The smallest absolute Gasteiger partial charge is 0.273 e. The summed E-state index contributed by atoms with van der Waals surface area (Å²) < 4.78 is 12.4. The Morgan fingerprint density at radius 3 is 2.64 bits per heavy atom. The molecular weight excluding hydrogens is 342 g/mol. The van der Waals surface area contributed by atoms with Crippen LogP contribution in [-0.4, -0.2) is 24.1 Å². The number of ether oxygens (including phenoxy) is 2. The van der Waals surface area contributed by atoms with Crippen molar-refractivity contribution in [2.45, 2.75) is 27.2 Å². The zero-order valence-electron chi connectivity index (χ0n) is 14.6. The fraction of sp³-hybridized carbons (Fsp3) is 0.333. The second-order valence-electron chi connectivity index (χ2n) is 5.46. The molecule has 0 aliphatic carbocycles. The lowest BCUT2D eigenvalue weighted by Gasteiger charge is -2.14. The Balaban J connectivity index is 2.38. The lowest BCUT2D eigenvalue weighted by atomic mass is 10.2. The Hall–Kier alpha value is -2.47. The average molecular weight is 364 g/mol. The van der Waals surface area contributed by atoms with Crippen LogP contribution in [0.1, 0.15) is 31.4 Å². The molecule has 1 heterocycles. The summed E-state index contributed by atoms with van der Waals surface area (Å²) >= 11 is 6.31. The van der Waals surface area contributed by atoms with Gasteiger partial charge in [0, 0.05) is 6.07 Å². The fourth-order valence-electron chi connectivity index (χ4n) is 2.24. The molecule has 0 radical (unpaired) electrons. The third-order valence-electron chi connectivity index (χ3n) is 3.28.